The molecule has 3 heterocycles. The van der Waals surface area contributed by atoms with E-state index in [4.69, 9.17) is 4.52 Å². The summed E-state index contributed by atoms with van der Waals surface area (Å²) in [5.74, 6) is 0.627. The lowest BCUT2D eigenvalue weighted by Gasteiger charge is -2.18. The number of rotatable bonds is 3. The van der Waals surface area contributed by atoms with Gasteiger partial charge in [-0.2, -0.15) is 4.98 Å². The zero-order chi connectivity index (χ0) is 12.2. The summed E-state index contributed by atoms with van der Waals surface area (Å²) in [5.41, 5.74) is 0. The Labute approximate surface area is 111 Å². The Bertz CT molecular complexity index is 472. The smallest absolute Gasteiger partial charge is 0.267 e. The minimum Gasteiger partial charge on any atom is -0.333 e. The first-order valence-electron chi connectivity index (χ1n) is 6.50. The van der Waals surface area contributed by atoms with Gasteiger partial charge in [-0.15, -0.1) is 11.3 Å². The maximum Gasteiger partial charge on any atom is 0.267 e. The predicted octanol–water partition coefficient (Wildman–Crippen LogP) is 3.17. The third-order valence-corrected chi connectivity index (χ3v) is 4.37. The summed E-state index contributed by atoms with van der Waals surface area (Å²) in [6, 6.07) is 4.25. The lowest BCUT2D eigenvalue weighted by Crippen LogP contribution is -2.23. The Balaban J connectivity index is 1.66. The molecule has 1 fully saturated rings. The van der Waals surface area contributed by atoms with Gasteiger partial charge >= 0.3 is 0 Å². The zero-order valence-corrected chi connectivity index (χ0v) is 11.2. The lowest BCUT2D eigenvalue weighted by atomic mass is 10.2. The number of thiophene rings is 1. The monoisotopic (exact) mass is 263 g/mol. The molecule has 2 aromatic heterocycles. The quantitative estimate of drug-likeness (QED) is 0.853. The second-order valence-electron chi connectivity index (χ2n) is 4.70. The van der Waals surface area contributed by atoms with E-state index in [-0.39, 0.29) is 0 Å². The van der Waals surface area contributed by atoms with E-state index < -0.39 is 0 Å². The topological polar surface area (TPSA) is 42.2 Å². The molecule has 1 aliphatic rings. The van der Waals surface area contributed by atoms with Crippen LogP contribution in [0.5, 0.6) is 0 Å². The van der Waals surface area contributed by atoms with Crippen LogP contribution in [0.25, 0.3) is 10.8 Å². The molecule has 0 aromatic carbocycles. The highest BCUT2D eigenvalue weighted by Gasteiger charge is 2.12. The van der Waals surface area contributed by atoms with Crippen molar-refractivity contribution in [3.8, 4) is 10.8 Å². The van der Waals surface area contributed by atoms with Gasteiger partial charge in [0.25, 0.3) is 5.89 Å². The number of likely N-dealkylation sites (tertiary alicyclic amines) is 1. The Morgan fingerprint density at radius 1 is 1.17 bits per heavy atom. The molecular formula is C13H17N3OS. The molecule has 0 bridgehead atoms. The van der Waals surface area contributed by atoms with E-state index in [2.05, 4.69) is 27.2 Å². The summed E-state index contributed by atoms with van der Waals surface area (Å²) in [7, 11) is 0. The van der Waals surface area contributed by atoms with E-state index in [1.165, 1.54) is 50.0 Å². The van der Waals surface area contributed by atoms with Crippen molar-refractivity contribution >= 4 is 11.3 Å². The highest BCUT2D eigenvalue weighted by molar-refractivity contribution is 7.15. The van der Waals surface area contributed by atoms with Crippen molar-refractivity contribution < 1.29 is 4.52 Å². The van der Waals surface area contributed by atoms with Crippen LogP contribution in [-0.2, 0) is 6.54 Å². The fraction of sp³-hybridized carbons (Fsp3) is 0.538. The van der Waals surface area contributed by atoms with Crippen molar-refractivity contribution in [3.63, 3.8) is 0 Å². The number of hydrogen-bond donors (Lipinski definition) is 0. The van der Waals surface area contributed by atoms with Crippen molar-refractivity contribution in [2.45, 2.75) is 32.2 Å². The Morgan fingerprint density at radius 2 is 2.00 bits per heavy atom. The molecule has 1 saturated heterocycles. The molecule has 0 unspecified atom stereocenters. The molecular weight excluding hydrogens is 246 g/mol. The Hall–Kier alpha value is -1.20. The van der Waals surface area contributed by atoms with E-state index >= 15 is 0 Å². The molecule has 18 heavy (non-hydrogen) atoms. The summed E-state index contributed by atoms with van der Waals surface area (Å²) in [6.45, 7) is 3.51. The fourth-order valence-corrected chi connectivity index (χ4v) is 3.35. The first-order chi connectivity index (χ1) is 8.92. The highest BCUT2D eigenvalue weighted by Crippen LogP contribution is 2.27. The van der Waals surface area contributed by atoms with Crippen LogP contribution in [0, 0.1) is 0 Å². The van der Waals surface area contributed by atoms with E-state index in [9.17, 15) is 0 Å². The molecule has 0 radical (unpaired) electrons. The van der Waals surface area contributed by atoms with Crippen LogP contribution in [-0.4, -0.2) is 28.1 Å². The number of nitrogens with zero attached hydrogens (tertiary/aromatic N) is 3. The molecule has 1 aliphatic heterocycles. The van der Waals surface area contributed by atoms with Crippen LogP contribution in [0.3, 0.4) is 0 Å². The van der Waals surface area contributed by atoms with Gasteiger partial charge in [-0.3, -0.25) is 4.90 Å². The van der Waals surface area contributed by atoms with E-state index in [0.717, 1.165) is 11.4 Å². The molecule has 0 spiro atoms. The van der Waals surface area contributed by atoms with Crippen molar-refractivity contribution in [1.29, 1.82) is 0 Å². The first-order valence-corrected chi connectivity index (χ1v) is 7.31. The minimum absolute atomic E-state index is 0.627. The average Bonchev–Trinajstić information content (AvgIpc) is 2.98. The summed E-state index contributed by atoms with van der Waals surface area (Å²) >= 11 is 1.75. The van der Waals surface area contributed by atoms with Crippen LogP contribution in [0.2, 0.25) is 0 Å². The number of hydrogen-bond acceptors (Lipinski definition) is 5. The van der Waals surface area contributed by atoms with Crippen molar-refractivity contribution in [1.82, 2.24) is 15.0 Å². The number of aromatic nitrogens is 2. The largest absolute Gasteiger partial charge is 0.333 e. The molecule has 96 valence electrons. The summed E-state index contributed by atoms with van der Waals surface area (Å²) < 4.78 is 5.08. The summed E-state index contributed by atoms with van der Waals surface area (Å²) in [4.78, 5) is 9.08. The molecule has 0 atom stereocenters. The van der Waals surface area contributed by atoms with Gasteiger partial charge in [0.05, 0.1) is 4.88 Å². The second kappa shape index (κ2) is 5.63. The van der Waals surface area contributed by atoms with Gasteiger partial charge in [0.2, 0.25) is 0 Å². The van der Waals surface area contributed by atoms with Gasteiger partial charge in [0.15, 0.2) is 6.33 Å². The highest BCUT2D eigenvalue weighted by atomic mass is 32.1. The molecule has 5 heteroatoms. The molecule has 0 N–H and O–H groups in total. The molecule has 2 aromatic rings. The third kappa shape index (κ3) is 2.79. The maximum absolute atomic E-state index is 5.08. The molecule has 0 amide bonds. The van der Waals surface area contributed by atoms with Gasteiger partial charge in [-0.1, -0.05) is 18.0 Å². The van der Waals surface area contributed by atoms with Crippen molar-refractivity contribution in [2.75, 3.05) is 13.1 Å². The van der Waals surface area contributed by atoms with Crippen LogP contribution in [0.1, 0.15) is 30.6 Å². The van der Waals surface area contributed by atoms with Crippen LogP contribution in [0.15, 0.2) is 23.0 Å². The molecule has 0 saturated carbocycles. The fourth-order valence-electron chi connectivity index (χ4n) is 2.37. The first kappa shape index (κ1) is 11.9. The second-order valence-corrected chi connectivity index (χ2v) is 5.87. The SMILES string of the molecule is c1noc(-c2ccc(CN3CCCCCC3)s2)n1. The maximum atomic E-state index is 5.08. The van der Waals surface area contributed by atoms with Crippen molar-refractivity contribution in [3.05, 3.63) is 23.3 Å². The summed E-state index contributed by atoms with van der Waals surface area (Å²) in [6.07, 6.45) is 6.88. The van der Waals surface area contributed by atoms with Gasteiger partial charge < -0.3 is 4.52 Å². The van der Waals surface area contributed by atoms with Gasteiger partial charge in [0.1, 0.15) is 0 Å². The standard InChI is InChI=1S/C13H17N3OS/c1-2-4-8-16(7-3-1)9-11-5-6-12(18-11)13-14-10-15-17-13/h5-6,10H,1-4,7-9H2. The zero-order valence-electron chi connectivity index (χ0n) is 10.3. The molecule has 3 rings (SSSR count). The van der Waals surface area contributed by atoms with Crippen LogP contribution in [0.4, 0.5) is 0 Å². The summed E-state index contributed by atoms with van der Waals surface area (Å²) in [5, 5.41) is 3.65. The lowest BCUT2D eigenvalue weighted by molar-refractivity contribution is 0.279. The van der Waals surface area contributed by atoms with Crippen LogP contribution >= 0.6 is 11.3 Å². The predicted molar refractivity (Wildman–Crippen MR) is 71.4 cm³/mol. The van der Waals surface area contributed by atoms with Gasteiger partial charge in [0, 0.05) is 11.4 Å². The van der Waals surface area contributed by atoms with E-state index in [0.29, 0.717) is 5.89 Å². The Morgan fingerprint density at radius 3 is 2.72 bits per heavy atom. The Kier molecular flexibility index (Phi) is 3.71. The van der Waals surface area contributed by atoms with Gasteiger partial charge in [-0.05, 0) is 38.1 Å². The van der Waals surface area contributed by atoms with Crippen LogP contribution < -0.4 is 0 Å². The van der Waals surface area contributed by atoms with Gasteiger partial charge in [-0.25, -0.2) is 0 Å². The molecule has 4 nitrogen and oxygen atoms in total. The van der Waals surface area contributed by atoms with E-state index in [1.54, 1.807) is 11.3 Å². The minimum atomic E-state index is 0.627. The molecule has 0 aliphatic carbocycles. The average molecular weight is 263 g/mol. The van der Waals surface area contributed by atoms with E-state index in [1.807, 2.05) is 0 Å². The van der Waals surface area contributed by atoms with Crippen molar-refractivity contribution in [2.24, 2.45) is 0 Å². The third-order valence-electron chi connectivity index (χ3n) is 3.31. The normalized spacial score (nSPS) is 17.8.